The van der Waals surface area contributed by atoms with E-state index in [0.717, 1.165) is 12.8 Å². The van der Waals surface area contributed by atoms with Gasteiger partial charge in [-0.05, 0) is 60.6 Å². The van der Waals surface area contributed by atoms with Crippen LogP contribution in [0.25, 0.3) is 0 Å². The van der Waals surface area contributed by atoms with Gasteiger partial charge in [0.15, 0.2) is 0 Å². The smallest absolute Gasteiger partial charge is 0.410 e. The molecule has 0 bridgehead atoms. The molecule has 1 aromatic rings. The van der Waals surface area contributed by atoms with E-state index in [2.05, 4.69) is 45.1 Å². The molecule has 3 nitrogen and oxygen atoms in total. The molecule has 1 aromatic carbocycles. The number of aryl methyl sites for hydroxylation is 1. The molecule has 1 aliphatic rings. The number of hydrogen-bond acceptors (Lipinski definition) is 2. The summed E-state index contributed by atoms with van der Waals surface area (Å²) in [5.74, 6) is 0.622. The predicted octanol–water partition coefficient (Wildman–Crippen LogP) is 6.89. The van der Waals surface area contributed by atoms with E-state index in [4.69, 9.17) is 4.74 Å². The Kier molecular flexibility index (Phi) is 8.19. The van der Waals surface area contributed by atoms with E-state index in [9.17, 15) is 4.79 Å². The Hall–Kier alpha value is -1.51. The minimum absolute atomic E-state index is 0.169. The van der Waals surface area contributed by atoms with Gasteiger partial charge in [0.05, 0.1) is 0 Å². The molecule has 1 aliphatic carbocycles. The molecule has 1 fully saturated rings. The Morgan fingerprint density at radius 1 is 1.04 bits per heavy atom. The zero-order chi connectivity index (χ0) is 19.8. The van der Waals surface area contributed by atoms with Gasteiger partial charge in [-0.25, -0.2) is 4.79 Å². The van der Waals surface area contributed by atoms with Gasteiger partial charge in [-0.15, -0.1) is 0 Å². The molecule has 152 valence electrons. The Morgan fingerprint density at radius 2 is 1.74 bits per heavy atom. The third-order valence-corrected chi connectivity index (χ3v) is 5.90. The van der Waals surface area contributed by atoms with Crippen molar-refractivity contribution in [2.45, 2.75) is 91.9 Å². The monoisotopic (exact) mass is 373 g/mol. The second kappa shape index (κ2) is 10.1. The molecule has 1 amide bonds. The summed E-state index contributed by atoms with van der Waals surface area (Å²) in [6.45, 7) is 9.86. The fourth-order valence-corrected chi connectivity index (χ4v) is 4.56. The van der Waals surface area contributed by atoms with Gasteiger partial charge >= 0.3 is 6.09 Å². The van der Waals surface area contributed by atoms with Crippen LogP contribution in [0.3, 0.4) is 0 Å². The first-order valence-corrected chi connectivity index (χ1v) is 10.9. The zero-order valence-electron chi connectivity index (χ0n) is 17.9. The van der Waals surface area contributed by atoms with E-state index < -0.39 is 0 Å². The maximum atomic E-state index is 12.2. The van der Waals surface area contributed by atoms with Crippen molar-refractivity contribution in [3.8, 4) is 5.75 Å². The summed E-state index contributed by atoms with van der Waals surface area (Å²) < 4.78 is 5.46. The lowest BCUT2D eigenvalue weighted by Crippen LogP contribution is -2.41. The van der Waals surface area contributed by atoms with Crippen LogP contribution in [0, 0.1) is 10.8 Å². The summed E-state index contributed by atoms with van der Waals surface area (Å²) in [4.78, 5) is 12.2. The summed E-state index contributed by atoms with van der Waals surface area (Å²) in [5.41, 5.74) is 1.85. The van der Waals surface area contributed by atoms with Crippen molar-refractivity contribution >= 4 is 6.09 Å². The lowest BCUT2D eigenvalue weighted by Gasteiger charge is -2.42. The average molecular weight is 374 g/mol. The second-order valence-corrected chi connectivity index (χ2v) is 9.56. The highest BCUT2D eigenvalue weighted by Gasteiger charge is 2.36. The molecule has 0 saturated heterocycles. The molecule has 1 unspecified atom stereocenters. The fraction of sp³-hybridized carbons (Fsp3) is 0.708. The Balaban J connectivity index is 1.72. The van der Waals surface area contributed by atoms with Crippen LogP contribution in [-0.4, -0.2) is 12.6 Å². The summed E-state index contributed by atoms with van der Waals surface area (Å²) in [7, 11) is 0. The highest BCUT2D eigenvalue weighted by molar-refractivity contribution is 5.70. The topological polar surface area (TPSA) is 38.3 Å². The molecule has 0 aliphatic heterocycles. The van der Waals surface area contributed by atoms with Crippen LogP contribution in [0.15, 0.2) is 24.3 Å². The van der Waals surface area contributed by atoms with Crippen LogP contribution < -0.4 is 10.1 Å². The van der Waals surface area contributed by atoms with Gasteiger partial charge < -0.3 is 10.1 Å². The van der Waals surface area contributed by atoms with E-state index in [1.165, 1.54) is 56.9 Å². The first kappa shape index (κ1) is 21.8. The molecule has 0 spiro atoms. The maximum Gasteiger partial charge on any atom is 0.412 e. The standard InChI is InChI=1S/C24H39NO2/c1-5-6-7-8-9-11-20-12-14-21(15-13-20)27-22(26)25-19-24(4)17-10-16-23(2,3)18-24/h12-15H,5-11,16-19H2,1-4H3,(H,25,26). The van der Waals surface area contributed by atoms with Crippen LogP contribution in [0.2, 0.25) is 0 Å². The van der Waals surface area contributed by atoms with Crippen molar-refractivity contribution in [1.82, 2.24) is 5.32 Å². The molecule has 2 rings (SSSR count). The number of benzene rings is 1. The minimum atomic E-state index is -0.341. The van der Waals surface area contributed by atoms with E-state index in [-0.39, 0.29) is 11.5 Å². The molecular weight excluding hydrogens is 334 g/mol. The molecule has 1 N–H and O–H groups in total. The highest BCUT2D eigenvalue weighted by atomic mass is 16.6. The normalized spacial score (nSPS) is 21.6. The van der Waals surface area contributed by atoms with Crippen molar-refractivity contribution in [2.24, 2.45) is 10.8 Å². The number of amides is 1. The number of carbonyl (C=O) groups excluding carboxylic acids is 1. The van der Waals surface area contributed by atoms with Gasteiger partial charge in [0.25, 0.3) is 0 Å². The van der Waals surface area contributed by atoms with Gasteiger partial charge in [-0.1, -0.05) is 71.9 Å². The van der Waals surface area contributed by atoms with E-state index in [0.29, 0.717) is 17.7 Å². The van der Waals surface area contributed by atoms with E-state index in [1.54, 1.807) is 0 Å². The summed E-state index contributed by atoms with van der Waals surface area (Å²) in [6, 6.07) is 7.97. The van der Waals surface area contributed by atoms with E-state index >= 15 is 0 Å². The molecule has 0 heterocycles. The van der Waals surface area contributed by atoms with Crippen molar-refractivity contribution in [3.05, 3.63) is 29.8 Å². The Labute approximate surface area is 166 Å². The molecule has 3 heteroatoms. The number of ether oxygens (including phenoxy) is 1. The van der Waals surface area contributed by atoms with Crippen LogP contribution in [0.5, 0.6) is 5.75 Å². The summed E-state index contributed by atoms with van der Waals surface area (Å²) in [5, 5.41) is 2.99. The maximum absolute atomic E-state index is 12.2. The van der Waals surface area contributed by atoms with Crippen molar-refractivity contribution in [3.63, 3.8) is 0 Å². The molecule has 0 radical (unpaired) electrons. The van der Waals surface area contributed by atoms with Gasteiger partial charge in [0.1, 0.15) is 5.75 Å². The van der Waals surface area contributed by atoms with Gasteiger partial charge in [-0.2, -0.15) is 0 Å². The number of carbonyl (C=O) groups is 1. The molecular formula is C24H39NO2. The number of rotatable bonds is 9. The largest absolute Gasteiger partial charge is 0.412 e. The van der Waals surface area contributed by atoms with Gasteiger partial charge in [0.2, 0.25) is 0 Å². The van der Waals surface area contributed by atoms with Crippen LogP contribution in [0.1, 0.15) is 91.0 Å². The first-order valence-electron chi connectivity index (χ1n) is 10.9. The highest BCUT2D eigenvalue weighted by Crippen LogP contribution is 2.45. The lowest BCUT2D eigenvalue weighted by atomic mass is 9.64. The van der Waals surface area contributed by atoms with Gasteiger partial charge in [0, 0.05) is 6.54 Å². The van der Waals surface area contributed by atoms with Crippen molar-refractivity contribution in [2.75, 3.05) is 6.54 Å². The molecule has 1 atom stereocenters. The number of hydrogen-bond donors (Lipinski definition) is 1. The number of unbranched alkanes of at least 4 members (excludes halogenated alkanes) is 4. The lowest BCUT2D eigenvalue weighted by molar-refractivity contribution is 0.0969. The summed E-state index contributed by atoms with van der Waals surface area (Å²) in [6.07, 6.45) is 12.1. The SMILES string of the molecule is CCCCCCCc1ccc(OC(=O)NCC2(C)CCCC(C)(C)C2)cc1. The van der Waals surface area contributed by atoms with Crippen molar-refractivity contribution in [1.29, 1.82) is 0 Å². The van der Waals surface area contributed by atoms with Crippen molar-refractivity contribution < 1.29 is 9.53 Å². The quantitative estimate of drug-likeness (QED) is 0.478. The third-order valence-electron chi connectivity index (χ3n) is 5.90. The zero-order valence-corrected chi connectivity index (χ0v) is 17.9. The molecule has 0 aromatic heterocycles. The van der Waals surface area contributed by atoms with E-state index in [1.807, 2.05) is 12.1 Å². The summed E-state index contributed by atoms with van der Waals surface area (Å²) >= 11 is 0. The molecule has 1 saturated carbocycles. The number of nitrogens with one attached hydrogen (secondary N) is 1. The van der Waals surface area contributed by atoms with Crippen LogP contribution in [-0.2, 0) is 6.42 Å². The average Bonchev–Trinajstić information content (AvgIpc) is 2.60. The van der Waals surface area contributed by atoms with Crippen LogP contribution in [0.4, 0.5) is 4.79 Å². The Morgan fingerprint density at radius 3 is 2.41 bits per heavy atom. The van der Waals surface area contributed by atoms with Crippen LogP contribution >= 0.6 is 0 Å². The van der Waals surface area contributed by atoms with Gasteiger partial charge in [-0.3, -0.25) is 0 Å². The fourth-order valence-electron chi connectivity index (χ4n) is 4.56. The minimum Gasteiger partial charge on any atom is -0.410 e. The Bertz CT molecular complexity index is 579. The second-order valence-electron chi connectivity index (χ2n) is 9.56. The molecule has 27 heavy (non-hydrogen) atoms. The third kappa shape index (κ3) is 7.94. The predicted molar refractivity (Wildman–Crippen MR) is 113 cm³/mol. The first-order chi connectivity index (χ1) is 12.8.